The van der Waals surface area contributed by atoms with E-state index in [9.17, 15) is 4.79 Å². The highest BCUT2D eigenvalue weighted by molar-refractivity contribution is 5.93. The number of nitrogens with one attached hydrogen (secondary N) is 1. The highest BCUT2D eigenvalue weighted by Crippen LogP contribution is 2.29. The van der Waals surface area contributed by atoms with Gasteiger partial charge in [0.1, 0.15) is 5.75 Å². The van der Waals surface area contributed by atoms with Crippen LogP contribution in [0.2, 0.25) is 0 Å². The lowest BCUT2D eigenvalue weighted by Gasteiger charge is -2.13. The van der Waals surface area contributed by atoms with Crippen LogP contribution in [-0.4, -0.2) is 26.2 Å². The Morgan fingerprint density at radius 1 is 1.08 bits per heavy atom. The van der Waals surface area contributed by atoms with Gasteiger partial charge in [-0.2, -0.15) is 0 Å². The molecular formula is C21H25NO4. The molecule has 0 heterocycles. The summed E-state index contributed by atoms with van der Waals surface area (Å²) in [4.78, 5) is 12.2. The van der Waals surface area contributed by atoms with Crippen LogP contribution in [0.4, 0.5) is 5.69 Å². The molecule has 0 spiro atoms. The number of para-hydroxylation sites is 2. The fourth-order valence-corrected chi connectivity index (χ4v) is 2.34. The van der Waals surface area contributed by atoms with Crippen molar-refractivity contribution in [3.63, 3.8) is 0 Å². The van der Waals surface area contributed by atoms with E-state index < -0.39 is 0 Å². The lowest BCUT2D eigenvalue weighted by molar-refractivity contribution is -0.118. The second-order valence-electron chi connectivity index (χ2n) is 5.59. The number of allylic oxidation sites excluding steroid dienone is 1. The molecule has 1 N–H and O–H groups in total. The van der Waals surface area contributed by atoms with Crippen LogP contribution in [0.25, 0.3) is 6.08 Å². The number of amides is 1. The largest absolute Gasteiger partial charge is 0.493 e. The third-order valence-electron chi connectivity index (χ3n) is 3.53. The number of benzene rings is 2. The Hall–Kier alpha value is -2.95. The van der Waals surface area contributed by atoms with Gasteiger partial charge >= 0.3 is 0 Å². The highest BCUT2D eigenvalue weighted by Gasteiger charge is 2.10. The Bertz CT molecular complexity index is 755. The fourth-order valence-electron chi connectivity index (χ4n) is 2.34. The Morgan fingerprint density at radius 2 is 1.88 bits per heavy atom. The molecule has 0 radical (unpaired) electrons. The third kappa shape index (κ3) is 5.55. The van der Waals surface area contributed by atoms with E-state index in [4.69, 9.17) is 14.2 Å². The molecule has 2 aromatic carbocycles. The van der Waals surface area contributed by atoms with Crippen LogP contribution in [0.1, 0.15) is 25.8 Å². The Morgan fingerprint density at radius 3 is 2.62 bits per heavy atom. The molecule has 0 saturated heterocycles. The van der Waals surface area contributed by atoms with Gasteiger partial charge in [0.2, 0.25) is 0 Å². The third-order valence-corrected chi connectivity index (χ3v) is 3.53. The summed E-state index contributed by atoms with van der Waals surface area (Å²) in [6.45, 7) is 4.45. The molecule has 0 aromatic heterocycles. The number of rotatable bonds is 9. The number of methoxy groups -OCH3 is 1. The van der Waals surface area contributed by atoms with Crippen molar-refractivity contribution in [1.29, 1.82) is 0 Å². The van der Waals surface area contributed by atoms with Crippen LogP contribution in [0.5, 0.6) is 17.2 Å². The molecule has 0 saturated carbocycles. The topological polar surface area (TPSA) is 56.8 Å². The summed E-state index contributed by atoms with van der Waals surface area (Å²) in [6, 6.07) is 12.9. The molecule has 0 unspecified atom stereocenters. The molecule has 0 aliphatic heterocycles. The molecule has 0 bridgehead atoms. The SMILES string of the molecule is C/C=C/c1ccc(OCC(=O)Nc2ccccc2OCCC)c(OC)c1. The van der Waals surface area contributed by atoms with Crippen molar-refractivity contribution in [2.75, 3.05) is 25.6 Å². The minimum atomic E-state index is -0.267. The van der Waals surface area contributed by atoms with Crippen molar-refractivity contribution in [3.8, 4) is 17.2 Å². The minimum absolute atomic E-state index is 0.124. The maximum atomic E-state index is 12.2. The van der Waals surface area contributed by atoms with Gasteiger partial charge in [0.05, 0.1) is 19.4 Å². The van der Waals surface area contributed by atoms with Gasteiger partial charge in [-0.3, -0.25) is 4.79 Å². The van der Waals surface area contributed by atoms with Crippen LogP contribution in [0.15, 0.2) is 48.5 Å². The first-order chi connectivity index (χ1) is 12.7. The van der Waals surface area contributed by atoms with Gasteiger partial charge in [-0.25, -0.2) is 0 Å². The lowest BCUT2D eigenvalue weighted by atomic mass is 10.2. The molecule has 26 heavy (non-hydrogen) atoms. The average molecular weight is 355 g/mol. The second-order valence-corrected chi connectivity index (χ2v) is 5.59. The standard InChI is InChI=1S/C21H25NO4/c1-4-8-16-11-12-19(20(14-16)24-3)26-15-21(23)22-17-9-6-7-10-18(17)25-13-5-2/h4,6-12,14H,5,13,15H2,1-3H3,(H,22,23)/b8-4+. The van der Waals surface area contributed by atoms with E-state index in [1.165, 1.54) is 0 Å². The van der Waals surface area contributed by atoms with Crippen molar-refractivity contribution in [3.05, 3.63) is 54.1 Å². The Kier molecular flexibility index (Phi) is 7.55. The Labute approximate surface area is 154 Å². The van der Waals surface area contributed by atoms with Crippen LogP contribution < -0.4 is 19.5 Å². The zero-order valence-corrected chi connectivity index (χ0v) is 15.5. The van der Waals surface area contributed by atoms with E-state index in [1.54, 1.807) is 19.2 Å². The van der Waals surface area contributed by atoms with E-state index in [2.05, 4.69) is 5.32 Å². The van der Waals surface area contributed by atoms with Gasteiger partial charge in [-0.15, -0.1) is 0 Å². The molecule has 0 aliphatic carbocycles. The number of anilines is 1. The van der Waals surface area contributed by atoms with E-state index in [0.717, 1.165) is 12.0 Å². The lowest BCUT2D eigenvalue weighted by Crippen LogP contribution is -2.20. The summed E-state index contributed by atoms with van der Waals surface area (Å²) in [7, 11) is 1.57. The van der Waals surface area contributed by atoms with Crippen molar-refractivity contribution in [1.82, 2.24) is 0 Å². The number of carbonyl (C=O) groups is 1. The first kappa shape index (κ1) is 19.4. The van der Waals surface area contributed by atoms with Gasteiger partial charge < -0.3 is 19.5 Å². The molecule has 2 aromatic rings. The molecule has 5 heteroatoms. The molecule has 2 rings (SSSR count). The summed E-state index contributed by atoms with van der Waals surface area (Å²) < 4.78 is 16.6. The molecule has 5 nitrogen and oxygen atoms in total. The summed E-state index contributed by atoms with van der Waals surface area (Å²) in [5.74, 6) is 1.49. The maximum Gasteiger partial charge on any atom is 0.262 e. The first-order valence-corrected chi connectivity index (χ1v) is 8.63. The van der Waals surface area contributed by atoms with Gasteiger partial charge in [0, 0.05) is 0 Å². The van der Waals surface area contributed by atoms with Gasteiger partial charge in [0.15, 0.2) is 18.1 Å². The molecule has 0 fully saturated rings. The molecule has 1 amide bonds. The van der Waals surface area contributed by atoms with Crippen molar-refractivity contribution >= 4 is 17.7 Å². The normalized spacial score (nSPS) is 10.6. The summed E-state index contributed by atoms with van der Waals surface area (Å²) in [6.07, 6.45) is 4.81. The highest BCUT2D eigenvalue weighted by atomic mass is 16.5. The van der Waals surface area contributed by atoms with E-state index in [1.807, 2.05) is 56.3 Å². The van der Waals surface area contributed by atoms with Gasteiger partial charge in [0.25, 0.3) is 5.91 Å². The fraction of sp³-hybridized carbons (Fsp3) is 0.286. The summed E-state index contributed by atoms with van der Waals surface area (Å²) in [5, 5.41) is 2.82. The molecule has 0 aliphatic rings. The predicted molar refractivity (Wildman–Crippen MR) is 104 cm³/mol. The van der Waals surface area contributed by atoms with Gasteiger partial charge in [-0.1, -0.05) is 37.3 Å². The number of ether oxygens (including phenoxy) is 3. The van der Waals surface area contributed by atoms with E-state index in [-0.39, 0.29) is 12.5 Å². The van der Waals surface area contributed by atoms with Crippen LogP contribution >= 0.6 is 0 Å². The van der Waals surface area contributed by atoms with Crippen molar-refractivity contribution in [2.24, 2.45) is 0 Å². The number of carbonyl (C=O) groups excluding carboxylic acids is 1. The van der Waals surface area contributed by atoms with Gasteiger partial charge in [-0.05, 0) is 43.2 Å². The quantitative estimate of drug-likeness (QED) is 0.718. The van der Waals surface area contributed by atoms with Crippen LogP contribution in [-0.2, 0) is 4.79 Å². The van der Waals surface area contributed by atoms with Crippen LogP contribution in [0.3, 0.4) is 0 Å². The second kappa shape index (κ2) is 10.1. The number of hydrogen-bond acceptors (Lipinski definition) is 4. The number of hydrogen-bond donors (Lipinski definition) is 1. The van der Waals surface area contributed by atoms with Crippen molar-refractivity contribution < 1.29 is 19.0 Å². The summed E-state index contributed by atoms with van der Waals surface area (Å²) in [5.41, 5.74) is 1.63. The first-order valence-electron chi connectivity index (χ1n) is 8.63. The molecular weight excluding hydrogens is 330 g/mol. The van der Waals surface area contributed by atoms with Crippen LogP contribution in [0, 0.1) is 0 Å². The van der Waals surface area contributed by atoms with Crippen molar-refractivity contribution in [2.45, 2.75) is 20.3 Å². The Balaban J connectivity index is 1.99. The average Bonchev–Trinajstić information content (AvgIpc) is 2.66. The monoisotopic (exact) mass is 355 g/mol. The molecule has 138 valence electrons. The maximum absolute atomic E-state index is 12.2. The zero-order valence-electron chi connectivity index (χ0n) is 15.5. The van der Waals surface area contributed by atoms with E-state index >= 15 is 0 Å². The zero-order chi connectivity index (χ0) is 18.8. The predicted octanol–water partition coefficient (Wildman–Crippen LogP) is 4.53. The molecule has 0 atom stereocenters. The minimum Gasteiger partial charge on any atom is -0.493 e. The summed E-state index contributed by atoms with van der Waals surface area (Å²) >= 11 is 0. The smallest absolute Gasteiger partial charge is 0.262 e. The van der Waals surface area contributed by atoms with E-state index in [0.29, 0.717) is 29.5 Å².